The largest absolute Gasteiger partial charge is 0.454 e. The van der Waals surface area contributed by atoms with Crippen molar-refractivity contribution in [3.63, 3.8) is 0 Å². The molecule has 0 saturated heterocycles. The van der Waals surface area contributed by atoms with Crippen molar-refractivity contribution < 1.29 is 35.1 Å². The third-order valence-corrected chi connectivity index (χ3v) is 5.45. The first-order chi connectivity index (χ1) is 15.6. The molecule has 13 heteroatoms. The molecule has 0 aliphatic rings. The number of pyridine rings is 1. The smallest absolute Gasteiger partial charge is 0.291 e. The summed E-state index contributed by atoms with van der Waals surface area (Å²) in [6, 6.07) is 2.98. The number of fused-ring (bicyclic) bond motifs is 3. The van der Waals surface area contributed by atoms with Gasteiger partial charge in [0.05, 0.1) is 17.8 Å². The van der Waals surface area contributed by atoms with Gasteiger partial charge in [0.25, 0.3) is 0 Å². The van der Waals surface area contributed by atoms with Crippen LogP contribution in [0.5, 0.6) is 0 Å². The summed E-state index contributed by atoms with van der Waals surface area (Å²) in [4.78, 5) is 8.68. The predicted octanol–water partition coefficient (Wildman–Crippen LogP) is 6.38. The van der Waals surface area contributed by atoms with E-state index in [1.165, 1.54) is 29.8 Å². The van der Waals surface area contributed by atoms with Crippen LogP contribution in [-0.4, -0.2) is 49.0 Å². The highest BCUT2D eigenvalue weighted by Crippen LogP contribution is 2.38. The first kappa shape index (κ1) is 25.9. The fraction of sp³-hybridized carbons (Fsp3) is 0.524. The van der Waals surface area contributed by atoms with E-state index in [0.29, 0.717) is 10.6 Å². The zero-order valence-electron chi connectivity index (χ0n) is 18.8. The Hall–Kier alpha value is -2.70. The molecule has 0 aliphatic heterocycles. The number of hydrogen-bond donors (Lipinski definition) is 0. The Kier molecular flexibility index (Phi) is 6.72. The lowest BCUT2D eigenvalue weighted by atomic mass is 10.2. The van der Waals surface area contributed by atoms with E-state index in [1.807, 2.05) is 0 Å². The Morgan fingerprint density at radius 2 is 1.68 bits per heavy atom. The van der Waals surface area contributed by atoms with Crippen LogP contribution in [0.15, 0.2) is 23.9 Å². The zero-order valence-corrected chi connectivity index (χ0v) is 18.8. The predicted molar refractivity (Wildman–Crippen MR) is 110 cm³/mol. The van der Waals surface area contributed by atoms with E-state index in [2.05, 4.69) is 9.97 Å². The van der Waals surface area contributed by atoms with Gasteiger partial charge in [-0.2, -0.15) is 35.1 Å². The molecule has 0 aromatic carbocycles. The third-order valence-electron chi connectivity index (χ3n) is 5.45. The second kappa shape index (κ2) is 8.82. The summed E-state index contributed by atoms with van der Waals surface area (Å²) >= 11 is 0. The molecule has 0 spiro atoms. The highest BCUT2D eigenvalue weighted by molar-refractivity contribution is 5.83. The third kappa shape index (κ3) is 4.62. The van der Waals surface area contributed by atoms with Gasteiger partial charge >= 0.3 is 18.3 Å². The first-order valence-corrected chi connectivity index (χ1v) is 10.4. The molecule has 0 aliphatic carbocycles. The maximum atomic E-state index is 14.0. The van der Waals surface area contributed by atoms with Crippen molar-refractivity contribution in [3.8, 4) is 0 Å². The standard InChI is InChI=1S/C21H23F8N5/c1-5-9-32(11-19(22,23)21(27,28)29)10-15-16(20(24,25)26)31-18-33(13(4)12(2)3)17-14(34(15)18)7-6-8-30-17/h6-8H,5,9-11H2,1-4H3. The molecule has 3 aromatic rings. The van der Waals surface area contributed by atoms with Crippen LogP contribution >= 0.6 is 0 Å². The molecule has 0 N–H and O–H groups in total. The van der Waals surface area contributed by atoms with E-state index >= 15 is 0 Å². The van der Waals surface area contributed by atoms with Gasteiger partial charge in [0.15, 0.2) is 11.3 Å². The Labute approximate surface area is 189 Å². The van der Waals surface area contributed by atoms with Crippen LogP contribution in [0.2, 0.25) is 0 Å². The number of alkyl halides is 8. The van der Waals surface area contributed by atoms with Crippen molar-refractivity contribution >= 4 is 22.6 Å². The lowest BCUT2D eigenvalue weighted by Gasteiger charge is -2.28. The number of halogens is 8. The number of rotatable bonds is 7. The number of allylic oxidation sites excluding steroid dienone is 2. The number of nitrogens with zero attached hydrogens (tertiary/aromatic N) is 5. The highest BCUT2D eigenvalue weighted by atomic mass is 19.4. The van der Waals surface area contributed by atoms with Crippen LogP contribution in [0, 0.1) is 0 Å². The quantitative estimate of drug-likeness (QED) is 0.356. The minimum absolute atomic E-state index is 0.150. The molecule has 0 fully saturated rings. The van der Waals surface area contributed by atoms with E-state index < -0.39 is 42.8 Å². The van der Waals surface area contributed by atoms with Crippen molar-refractivity contribution in [1.29, 1.82) is 0 Å². The minimum atomic E-state index is -5.83. The van der Waals surface area contributed by atoms with Crippen LogP contribution in [-0.2, 0) is 12.7 Å². The molecule has 0 atom stereocenters. The normalized spacial score (nSPS) is 13.4. The van der Waals surface area contributed by atoms with Crippen molar-refractivity contribution in [3.05, 3.63) is 35.3 Å². The van der Waals surface area contributed by atoms with E-state index in [0.717, 1.165) is 9.97 Å². The molecule has 0 unspecified atom stereocenters. The zero-order chi connectivity index (χ0) is 25.6. The van der Waals surface area contributed by atoms with Gasteiger partial charge in [-0.1, -0.05) is 12.5 Å². The monoisotopic (exact) mass is 497 g/mol. The minimum Gasteiger partial charge on any atom is -0.291 e. The maximum Gasteiger partial charge on any atom is 0.454 e. The summed E-state index contributed by atoms with van der Waals surface area (Å²) in [5.74, 6) is -5.26. The van der Waals surface area contributed by atoms with Crippen molar-refractivity contribution in [2.75, 3.05) is 13.1 Å². The number of imidazole rings is 2. The molecular weight excluding hydrogens is 474 g/mol. The van der Waals surface area contributed by atoms with Gasteiger partial charge in [-0.05, 0) is 45.9 Å². The number of aromatic nitrogens is 4. The first-order valence-electron chi connectivity index (χ1n) is 10.4. The molecule has 3 rings (SSSR count). The summed E-state index contributed by atoms with van der Waals surface area (Å²) in [5, 5.41) is 0. The molecule has 0 saturated carbocycles. The van der Waals surface area contributed by atoms with Gasteiger partial charge in [-0.25, -0.2) is 9.97 Å². The Balaban J connectivity index is 2.29. The van der Waals surface area contributed by atoms with E-state index in [1.54, 1.807) is 20.8 Å². The van der Waals surface area contributed by atoms with Gasteiger partial charge in [-0.3, -0.25) is 13.9 Å². The van der Waals surface area contributed by atoms with Crippen LogP contribution in [0.25, 0.3) is 22.6 Å². The van der Waals surface area contributed by atoms with Crippen LogP contribution in [0.1, 0.15) is 45.5 Å². The van der Waals surface area contributed by atoms with Gasteiger partial charge in [-0.15, -0.1) is 0 Å². The summed E-state index contributed by atoms with van der Waals surface area (Å²) < 4.78 is 110. The van der Waals surface area contributed by atoms with Crippen LogP contribution < -0.4 is 0 Å². The molecule has 0 radical (unpaired) electrons. The second-order valence-corrected chi connectivity index (χ2v) is 8.22. The van der Waals surface area contributed by atoms with Gasteiger partial charge in [0.2, 0.25) is 5.78 Å². The Bertz CT molecular complexity index is 1210. The van der Waals surface area contributed by atoms with Crippen LogP contribution in [0.4, 0.5) is 35.1 Å². The average molecular weight is 497 g/mol. The van der Waals surface area contributed by atoms with Gasteiger partial charge < -0.3 is 0 Å². The Morgan fingerprint density at radius 1 is 1.03 bits per heavy atom. The summed E-state index contributed by atoms with van der Waals surface area (Å²) in [5.41, 5.74) is -0.0673. The van der Waals surface area contributed by atoms with Crippen molar-refractivity contribution in [1.82, 2.24) is 23.8 Å². The molecular formula is C21H23F8N5. The molecule has 5 nitrogen and oxygen atoms in total. The average Bonchev–Trinajstić information content (AvgIpc) is 3.21. The molecule has 34 heavy (non-hydrogen) atoms. The molecule has 3 aromatic heterocycles. The van der Waals surface area contributed by atoms with Crippen molar-refractivity contribution in [2.45, 2.75) is 58.9 Å². The van der Waals surface area contributed by atoms with E-state index in [4.69, 9.17) is 0 Å². The molecule has 3 heterocycles. The lowest BCUT2D eigenvalue weighted by molar-refractivity contribution is -0.287. The van der Waals surface area contributed by atoms with E-state index in [-0.39, 0.29) is 29.9 Å². The maximum absolute atomic E-state index is 14.0. The van der Waals surface area contributed by atoms with Crippen LogP contribution in [0.3, 0.4) is 0 Å². The fourth-order valence-electron chi connectivity index (χ4n) is 3.69. The second-order valence-electron chi connectivity index (χ2n) is 8.22. The van der Waals surface area contributed by atoms with Gasteiger partial charge in [0, 0.05) is 18.4 Å². The SMILES string of the molecule is CCCN(Cc1c(C(F)(F)F)nc2n(C(C)=C(C)C)c3ncccc3n12)CC(F)(F)C(F)(F)F. The summed E-state index contributed by atoms with van der Waals surface area (Å²) in [7, 11) is 0. The highest BCUT2D eigenvalue weighted by Gasteiger charge is 2.58. The topological polar surface area (TPSA) is 38.4 Å². The van der Waals surface area contributed by atoms with Crippen molar-refractivity contribution in [2.24, 2.45) is 0 Å². The molecule has 188 valence electrons. The summed E-state index contributed by atoms with van der Waals surface area (Å²) in [6.07, 6.45) is -9.21. The number of hydrogen-bond acceptors (Lipinski definition) is 3. The van der Waals surface area contributed by atoms with E-state index in [9.17, 15) is 35.1 Å². The molecule has 0 amide bonds. The fourth-order valence-corrected chi connectivity index (χ4v) is 3.69. The van der Waals surface area contributed by atoms with Gasteiger partial charge in [0.1, 0.15) is 0 Å². The molecule has 0 bridgehead atoms. The Morgan fingerprint density at radius 3 is 2.21 bits per heavy atom. The lowest BCUT2D eigenvalue weighted by Crippen LogP contribution is -2.47. The summed E-state index contributed by atoms with van der Waals surface area (Å²) in [6.45, 7) is 3.81.